The summed E-state index contributed by atoms with van der Waals surface area (Å²) >= 11 is 3.32. The molecule has 0 aliphatic rings. The first kappa shape index (κ1) is 14.1. The fourth-order valence-electron chi connectivity index (χ4n) is 1.58. The maximum atomic E-state index is 12.2. The van der Waals surface area contributed by atoms with Gasteiger partial charge in [0, 0.05) is 10.9 Å². The number of aromatic nitrogens is 2. The summed E-state index contributed by atoms with van der Waals surface area (Å²) in [4.78, 5) is 6.78. The molecule has 0 atom stereocenters. The van der Waals surface area contributed by atoms with E-state index in [4.69, 9.17) is 0 Å². The predicted octanol–water partition coefficient (Wildman–Crippen LogP) is 2.84. The Bertz CT molecular complexity index is 695. The molecule has 102 valence electrons. The van der Waals surface area contributed by atoms with Crippen molar-refractivity contribution in [1.29, 1.82) is 0 Å². The molecule has 2 rings (SSSR count). The maximum Gasteiger partial charge on any atom is 0.279 e. The number of hydrogen-bond donors (Lipinski definition) is 2. The van der Waals surface area contributed by atoms with E-state index in [-0.39, 0.29) is 5.03 Å². The highest BCUT2D eigenvalue weighted by Gasteiger charge is 2.18. The van der Waals surface area contributed by atoms with E-state index in [9.17, 15) is 8.42 Å². The van der Waals surface area contributed by atoms with Gasteiger partial charge in [0.15, 0.2) is 5.03 Å². The third kappa shape index (κ3) is 3.16. The summed E-state index contributed by atoms with van der Waals surface area (Å²) in [6.07, 6.45) is 1.98. The Kier molecular flexibility index (Phi) is 3.96. The molecule has 1 aromatic heterocycles. The zero-order chi connectivity index (χ0) is 14.0. The molecular formula is C12H14BrN3O2S. The molecule has 0 fully saturated rings. The van der Waals surface area contributed by atoms with Crippen molar-refractivity contribution in [2.24, 2.45) is 0 Å². The van der Waals surface area contributed by atoms with Crippen LogP contribution in [0.5, 0.6) is 0 Å². The first-order chi connectivity index (χ1) is 8.92. The number of anilines is 1. The minimum atomic E-state index is -3.64. The normalized spacial score (nSPS) is 11.5. The second kappa shape index (κ2) is 5.34. The SMILES string of the molecule is CCc1ncc(S(=O)(=O)Nc2cc(C)ccc2Br)[nH]1. The van der Waals surface area contributed by atoms with E-state index in [1.54, 1.807) is 12.1 Å². The molecule has 0 saturated heterocycles. The molecule has 5 nitrogen and oxygen atoms in total. The van der Waals surface area contributed by atoms with Crippen LogP contribution in [0.15, 0.2) is 33.9 Å². The lowest BCUT2D eigenvalue weighted by Crippen LogP contribution is -2.14. The van der Waals surface area contributed by atoms with E-state index in [0.29, 0.717) is 22.4 Å². The zero-order valence-electron chi connectivity index (χ0n) is 10.6. The first-order valence-corrected chi connectivity index (χ1v) is 8.03. The Morgan fingerprint density at radius 2 is 2.16 bits per heavy atom. The van der Waals surface area contributed by atoms with Gasteiger partial charge in [-0.3, -0.25) is 4.72 Å². The largest absolute Gasteiger partial charge is 0.332 e. The van der Waals surface area contributed by atoms with Crippen LogP contribution in [0.4, 0.5) is 5.69 Å². The number of aryl methyl sites for hydroxylation is 2. The maximum absolute atomic E-state index is 12.2. The number of benzene rings is 1. The zero-order valence-corrected chi connectivity index (χ0v) is 13.0. The summed E-state index contributed by atoms with van der Waals surface area (Å²) in [7, 11) is -3.64. The van der Waals surface area contributed by atoms with Crippen molar-refractivity contribution in [2.45, 2.75) is 25.3 Å². The number of imidazole rings is 1. The summed E-state index contributed by atoms with van der Waals surface area (Å²) in [6.45, 7) is 3.80. The summed E-state index contributed by atoms with van der Waals surface area (Å²) in [5.74, 6) is 0.642. The smallest absolute Gasteiger partial charge is 0.279 e. The van der Waals surface area contributed by atoms with Crippen LogP contribution in [0.3, 0.4) is 0 Å². The summed E-state index contributed by atoms with van der Waals surface area (Å²) in [5.41, 5.74) is 1.48. The van der Waals surface area contributed by atoms with Gasteiger partial charge in [-0.25, -0.2) is 4.98 Å². The van der Waals surface area contributed by atoms with Crippen LogP contribution < -0.4 is 4.72 Å². The number of hydrogen-bond acceptors (Lipinski definition) is 3. The molecule has 0 aliphatic carbocycles. The second-order valence-corrected chi connectivity index (χ2v) is 6.64. The van der Waals surface area contributed by atoms with E-state index >= 15 is 0 Å². The lowest BCUT2D eigenvalue weighted by molar-refractivity contribution is 0.598. The van der Waals surface area contributed by atoms with Gasteiger partial charge in [0.2, 0.25) is 0 Å². The highest BCUT2D eigenvalue weighted by molar-refractivity contribution is 9.10. The average molecular weight is 344 g/mol. The molecule has 2 N–H and O–H groups in total. The molecule has 19 heavy (non-hydrogen) atoms. The fraction of sp³-hybridized carbons (Fsp3) is 0.250. The van der Waals surface area contributed by atoms with E-state index in [1.165, 1.54) is 6.20 Å². The minimum absolute atomic E-state index is 0.0674. The van der Waals surface area contributed by atoms with Gasteiger partial charge in [-0.1, -0.05) is 13.0 Å². The predicted molar refractivity (Wildman–Crippen MR) is 77.7 cm³/mol. The van der Waals surface area contributed by atoms with Crippen LogP contribution >= 0.6 is 15.9 Å². The average Bonchev–Trinajstić information content (AvgIpc) is 2.83. The molecule has 0 amide bonds. The van der Waals surface area contributed by atoms with E-state index in [2.05, 4.69) is 30.6 Å². The van der Waals surface area contributed by atoms with E-state index in [1.807, 2.05) is 19.9 Å². The second-order valence-electron chi connectivity index (χ2n) is 4.14. The molecule has 0 unspecified atom stereocenters. The van der Waals surface area contributed by atoms with Gasteiger partial charge >= 0.3 is 0 Å². The summed E-state index contributed by atoms with van der Waals surface area (Å²) < 4.78 is 27.6. The Morgan fingerprint density at radius 1 is 1.42 bits per heavy atom. The molecule has 0 spiro atoms. The third-order valence-corrected chi connectivity index (χ3v) is 4.56. The van der Waals surface area contributed by atoms with Crippen LogP contribution in [0.25, 0.3) is 0 Å². The topological polar surface area (TPSA) is 74.8 Å². The number of nitrogens with zero attached hydrogens (tertiary/aromatic N) is 1. The molecule has 1 heterocycles. The highest BCUT2D eigenvalue weighted by atomic mass is 79.9. The van der Waals surface area contributed by atoms with Gasteiger partial charge in [0.05, 0.1) is 11.9 Å². The number of aromatic amines is 1. The van der Waals surface area contributed by atoms with Crippen LogP contribution in [0.2, 0.25) is 0 Å². The highest BCUT2D eigenvalue weighted by Crippen LogP contribution is 2.25. The van der Waals surface area contributed by atoms with Gasteiger partial charge in [-0.05, 0) is 40.5 Å². The Labute approximate surface area is 120 Å². The molecule has 0 radical (unpaired) electrons. The van der Waals surface area contributed by atoms with E-state index in [0.717, 1.165) is 5.56 Å². The Morgan fingerprint density at radius 3 is 2.79 bits per heavy atom. The van der Waals surface area contributed by atoms with Crippen molar-refractivity contribution in [3.63, 3.8) is 0 Å². The number of rotatable bonds is 4. The number of halogens is 1. The monoisotopic (exact) mass is 343 g/mol. The molecule has 0 saturated carbocycles. The number of nitrogens with one attached hydrogen (secondary N) is 2. The standard InChI is InChI=1S/C12H14BrN3O2S/c1-3-11-14-7-12(15-11)19(17,18)16-10-6-8(2)4-5-9(10)13/h4-7,16H,3H2,1-2H3,(H,14,15). The number of H-pyrrole nitrogens is 1. The van der Waals surface area contributed by atoms with Crippen LogP contribution in [0.1, 0.15) is 18.3 Å². The van der Waals surface area contributed by atoms with Crippen molar-refractivity contribution in [2.75, 3.05) is 4.72 Å². The molecule has 2 aromatic rings. The van der Waals surface area contributed by atoms with E-state index < -0.39 is 10.0 Å². The van der Waals surface area contributed by atoms with Gasteiger partial charge in [0.1, 0.15) is 5.82 Å². The lowest BCUT2D eigenvalue weighted by Gasteiger charge is -2.09. The van der Waals surface area contributed by atoms with Crippen molar-refractivity contribution < 1.29 is 8.42 Å². The first-order valence-electron chi connectivity index (χ1n) is 5.75. The van der Waals surface area contributed by atoms with Gasteiger partial charge in [0.25, 0.3) is 10.0 Å². The molecule has 7 heteroatoms. The van der Waals surface area contributed by atoms with Crippen molar-refractivity contribution in [3.8, 4) is 0 Å². The molecular weight excluding hydrogens is 330 g/mol. The Hall–Kier alpha value is -1.34. The van der Waals surface area contributed by atoms with Crippen molar-refractivity contribution in [3.05, 3.63) is 40.3 Å². The van der Waals surface area contributed by atoms with Crippen LogP contribution in [0, 0.1) is 6.92 Å². The number of sulfonamides is 1. The summed E-state index contributed by atoms with van der Waals surface area (Å²) in [5, 5.41) is 0.0674. The quantitative estimate of drug-likeness (QED) is 0.896. The van der Waals surface area contributed by atoms with Crippen LogP contribution in [-0.2, 0) is 16.4 Å². The van der Waals surface area contributed by atoms with Crippen molar-refractivity contribution in [1.82, 2.24) is 9.97 Å². The van der Waals surface area contributed by atoms with Crippen molar-refractivity contribution >= 4 is 31.6 Å². The molecule has 1 aromatic carbocycles. The van der Waals surface area contributed by atoms with Gasteiger partial charge < -0.3 is 4.98 Å². The minimum Gasteiger partial charge on any atom is -0.332 e. The molecule has 0 bridgehead atoms. The third-order valence-electron chi connectivity index (χ3n) is 2.60. The fourth-order valence-corrected chi connectivity index (χ4v) is 3.07. The molecule has 0 aliphatic heterocycles. The van der Waals surface area contributed by atoms with Gasteiger partial charge in [-0.2, -0.15) is 8.42 Å². The lowest BCUT2D eigenvalue weighted by atomic mass is 10.2. The summed E-state index contributed by atoms with van der Waals surface area (Å²) in [6, 6.07) is 5.46. The van der Waals surface area contributed by atoms with Crippen LogP contribution in [-0.4, -0.2) is 18.4 Å². The van der Waals surface area contributed by atoms with Gasteiger partial charge in [-0.15, -0.1) is 0 Å². The Balaban J connectivity index is 2.33.